The van der Waals surface area contributed by atoms with E-state index in [0.717, 1.165) is 47.4 Å². The first-order chi connectivity index (χ1) is 18.4. The number of thiophene rings is 1. The second-order valence-electron chi connectivity index (χ2n) is 9.28. The minimum absolute atomic E-state index is 0.0565. The third-order valence-corrected chi connectivity index (χ3v) is 7.88. The number of carboxylic acids is 1. The Labute approximate surface area is 222 Å². The average Bonchev–Trinajstić information content (AvgIpc) is 3.36. The lowest BCUT2D eigenvalue weighted by Crippen LogP contribution is -2.45. The third-order valence-electron chi connectivity index (χ3n) is 6.92. The van der Waals surface area contributed by atoms with Crippen LogP contribution >= 0.6 is 11.3 Å². The molecule has 38 heavy (non-hydrogen) atoms. The molecular weight excluding hydrogens is 500 g/mol. The number of hydrogen-bond acceptors (Lipinski definition) is 8. The molecule has 10 heteroatoms. The number of carboxylic acid groups (broad SMARTS) is 1. The number of aromatic carboxylic acids is 1. The number of likely N-dealkylation sites (N-methyl/N-ethyl adjacent to an activating group) is 1. The van der Waals surface area contributed by atoms with Gasteiger partial charge in [-0.2, -0.15) is 0 Å². The Morgan fingerprint density at radius 3 is 2.45 bits per heavy atom. The van der Waals surface area contributed by atoms with Crippen molar-refractivity contribution in [3.05, 3.63) is 71.4 Å². The van der Waals surface area contributed by atoms with Crippen molar-refractivity contribution in [3.63, 3.8) is 0 Å². The van der Waals surface area contributed by atoms with Crippen molar-refractivity contribution in [1.82, 2.24) is 19.9 Å². The lowest BCUT2D eigenvalue weighted by molar-refractivity contribution is 0.0698. The van der Waals surface area contributed by atoms with E-state index in [1.54, 1.807) is 29.5 Å². The molecule has 3 aromatic heterocycles. The number of hydrogen-bond donors (Lipinski definition) is 2. The average molecular weight is 525 g/mol. The van der Waals surface area contributed by atoms with Crippen LogP contribution in [0.3, 0.4) is 0 Å². The van der Waals surface area contributed by atoms with Gasteiger partial charge in [-0.15, -0.1) is 11.3 Å². The first-order valence-corrected chi connectivity index (χ1v) is 13.0. The Balaban J connectivity index is 1.52. The van der Waals surface area contributed by atoms with Crippen LogP contribution in [0.1, 0.15) is 20.8 Å². The topological polar surface area (TPSA) is 126 Å². The molecule has 0 bridgehead atoms. The maximum atomic E-state index is 12.5. The highest BCUT2D eigenvalue weighted by Gasteiger charge is 2.22. The Morgan fingerprint density at radius 1 is 0.921 bits per heavy atom. The maximum Gasteiger partial charge on any atom is 0.337 e. The van der Waals surface area contributed by atoms with Gasteiger partial charge < -0.3 is 20.6 Å². The van der Waals surface area contributed by atoms with Gasteiger partial charge in [-0.3, -0.25) is 9.78 Å². The third kappa shape index (κ3) is 4.13. The van der Waals surface area contributed by atoms with Gasteiger partial charge in [-0.1, -0.05) is 24.3 Å². The van der Waals surface area contributed by atoms with Crippen LogP contribution in [0.2, 0.25) is 0 Å². The molecule has 1 saturated heterocycles. The smallest absolute Gasteiger partial charge is 0.337 e. The van der Waals surface area contributed by atoms with Crippen molar-refractivity contribution < 1.29 is 14.7 Å². The van der Waals surface area contributed by atoms with Gasteiger partial charge >= 0.3 is 5.97 Å². The zero-order valence-electron chi connectivity index (χ0n) is 20.6. The Hall–Kier alpha value is -4.41. The zero-order chi connectivity index (χ0) is 26.4. The van der Waals surface area contributed by atoms with E-state index in [0.29, 0.717) is 22.6 Å². The summed E-state index contributed by atoms with van der Waals surface area (Å²) in [5, 5.41) is 12.9. The molecule has 0 radical (unpaired) electrons. The summed E-state index contributed by atoms with van der Waals surface area (Å²) >= 11 is 1.61. The van der Waals surface area contributed by atoms with Crippen molar-refractivity contribution >= 4 is 50.2 Å². The second-order valence-corrected chi connectivity index (χ2v) is 10.2. The lowest BCUT2D eigenvalue weighted by atomic mass is 10.00. The van der Waals surface area contributed by atoms with Gasteiger partial charge in [0.1, 0.15) is 17.0 Å². The summed E-state index contributed by atoms with van der Waals surface area (Å²) in [6.45, 7) is 3.40. The van der Waals surface area contributed by atoms with E-state index in [1.165, 1.54) is 6.20 Å². The summed E-state index contributed by atoms with van der Waals surface area (Å²) in [6.07, 6.45) is 1.48. The van der Waals surface area contributed by atoms with E-state index in [4.69, 9.17) is 10.7 Å². The van der Waals surface area contributed by atoms with Crippen molar-refractivity contribution in [2.45, 2.75) is 0 Å². The minimum atomic E-state index is -1.09. The number of aromatic nitrogens is 3. The van der Waals surface area contributed by atoms with E-state index in [2.05, 4.69) is 26.8 Å². The molecule has 0 aliphatic carbocycles. The van der Waals surface area contributed by atoms with Crippen molar-refractivity contribution in [2.75, 3.05) is 38.1 Å². The molecule has 2 aromatic carbocycles. The normalized spacial score (nSPS) is 14.3. The number of carbonyl (C=O) groups excluding carboxylic acids is 1. The highest BCUT2D eigenvalue weighted by Crippen LogP contribution is 2.38. The summed E-state index contributed by atoms with van der Waals surface area (Å²) in [7, 11) is 2.07. The van der Waals surface area contributed by atoms with Gasteiger partial charge in [0.05, 0.1) is 23.0 Å². The summed E-state index contributed by atoms with van der Waals surface area (Å²) in [6, 6.07) is 15.0. The molecule has 1 fully saturated rings. The molecule has 9 nitrogen and oxygen atoms in total. The van der Waals surface area contributed by atoms with Crippen LogP contribution in [0.15, 0.2) is 60.1 Å². The predicted molar refractivity (Wildman–Crippen MR) is 149 cm³/mol. The van der Waals surface area contributed by atoms with Crippen LogP contribution < -0.4 is 10.6 Å². The van der Waals surface area contributed by atoms with E-state index in [9.17, 15) is 14.7 Å². The van der Waals surface area contributed by atoms with Crippen LogP contribution in [0.5, 0.6) is 0 Å². The monoisotopic (exact) mass is 524 g/mol. The van der Waals surface area contributed by atoms with Gasteiger partial charge in [-0.05, 0) is 36.7 Å². The van der Waals surface area contributed by atoms with E-state index in [-0.39, 0.29) is 16.8 Å². The lowest BCUT2D eigenvalue weighted by Gasteiger charge is -2.33. The Morgan fingerprint density at radius 2 is 1.68 bits per heavy atom. The van der Waals surface area contributed by atoms with Gasteiger partial charge in [0, 0.05) is 53.0 Å². The SMILES string of the molecule is CN1CCN(c2ccc(-c3cnc4c(C(=O)O)ccc(-c5csc6ccccc56)c4n3)c(C(N)=O)n2)CC1. The first-order valence-electron chi connectivity index (χ1n) is 12.1. The first kappa shape index (κ1) is 24.0. The quantitative estimate of drug-likeness (QED) is 0.352. The number of pyridine rings is 1. The van der Waals surface area contributed by atoms with Gasteiger partial charge in [0.25, 0.3) is 5.91 Å². The Kier molecular flexibility index (Phi) is 5.97. The van der Waals surface area contributed by atoms with E-state index < -0.39 is 11.9 Å². The number of carbonyl (C=O) groups is 2. The fraction of sp³-hybridized carbons (Fsp3) is 0.179. The van der Waals surface area contributed by atoms with Crippen LogP contribution in [0, 0.1) is 0 Å². The summed E-state index contributed by atoms with van der Waals surface area (Å²) in [5.41, 5.74) is 9.19. The number of primary amides is 1. The molecule has 0 saturated carbocycles. The number of anilines is 1. The van der Waals surface area contributed by atoms with Crippen LogP contribution in [0.25, 0.3) is 43.5 Å². The van der Waals surface area contributed by atoms with Crippen molar-refractivity contribution in [1.29, 1.82) is 0 Å². The maximum absolute atomic E-state index is 12.5. The predicted octanol–water partition coefficient (Wildman–Crippen LogP) is 4.12. The molecule has 1 aliphatic heterocycles. The van der Waals surface area contributed by atoms with Crippen molar-refractivity contribution in [2.24, 2.45) is 5.73 Å². The molecule has 6 rings (SSSR count). The number of piperazine rings is 1. The standard InChI is InChI=1S/C28H24N6O3S/c1-33-10-12-34(13-11-33)23-9-8-18(26(32-23)27(29)35)21-14-30-24-19(28(36)37)7-6-17(25(24)31-21)20-15-38-22-5-3-2-4-16(20)22/h2-9,14-15H,10-13H2,1H3,(H2,29,35)(H,36,37). The number of rotatable bonds is 5. The fourth-order valence-corrected chi connectivity index (χ4v) is 5.82. The highest BCUT2D eigenvalue weighted by molar-refractivity contribution is 7.17. The summed E-state index contributed by atoms with van der Waals surface area (Å²) in [5.74, 6) is -1.07. The molecule has 1 amide bonds. The number of nitrogens with zero attached hydrogens (tertiary/aromatic N) is 5. The van der Waals surface area contributed by atoms with Crippen LogP contribution in [0.4, 0.5) is 5.82 Å². The molecular formula is C28H24N6O3S. The zero-order valence-corrected chi connectivity index (χ0v) is 21.4. The molecule has 1 aliphatic rings. The molecule has 3 N–H and O–H groups in total. The van der Waals surface area contributed by atoms with Gasteiger partial charge in [-0.25, -0.2) is 14.8 Å². The fourth-order valence-electron chi connectivity index (χ4n) is 4.86. The van der Waals surface area contributed by atoms with Crippen LogP contribution in [-0.2, 0) is 0 Å². The number of amides is 1. The van der Waals surface area contributed by atoms with Gasteiger partial charge in [0.15, 0.2) is 0 Å². The van der Waals surface area contributed by atoms with E-state index in [1.807, 2.05) is 35.7 Å². The van der Waals surface area contributed by atoms with Crippen molar-refractivity contribution in [3.8, 4) is 22.4 Å². The largest absolute Gasteiger partial charge is 0.478 e. The molecule has 0 spiro atoms. The summed E-state index contributed by atoms with van der Waals surface area (Å²) < 4.78 is 1.11. The highest BCUT2D eigenvalue weighted by atomic mass is 32.1. The van der Waals surface area contributed by atoms with Crippen LogP contribution in [-0.4, -0.2) is 70.1 Å². The second kappa shape index (κ2) is 9.47. The number of fused-ring (bicyclic) bond motifs is 2. The van der Waals surface area contributed by atoms with E-state index >= 15 is 0 Å². The molecule has 4 heterocycles. The molecule has 190 valence electrons. The summed E-state index contributed by atoms with van der Waals surface area (Å²) in [4.78, 5) is 42.8. The van der Waals surface area contributed by atoms with Gasteiger partial charge in [0.2, 0.25) is 0 Å². The molecule has 0 atom stereocenters. The Bertz CT molecular complexity index is 1730. The number of nitrogens with two attached hydrogens (primary N) is 1. The molecule has 5 aromatic rings. The number of benzene rings is 2. The molecule has 0 unspecified atom stereocenters. The minimum Gasteiger partial charge on any atom is -0.478 e.